The number of morpholine rings is 1. The summed E-state index contributed by atoms with van der Waals surface area (Å²) in [5, 5.41) is 14.8. The van der Waals surface area contributed by atoms with Crippen molar-refractivity contribution in [1.82, 2.24) is 30.8 Å². The van der Waals surface area contributed by atoms with Crippen molar-refractivity contribution in [1.29, 1.82) is 0 Å². The summed E-state index contributed by atoms with van der Waals surface area (Å²) in [5.74, 6) is 1.16. The topological polar surface area (TPSA) is 76.1 Å². The standard InChI is InChI=1S/C29H38N6O2.C2H6/c1-5-9-23(10-6-2)26-18-22(4)34(31-26)28(33-14-16-37-17-15-33)19-25(11-7-3)35-29(36)20-27(32-35)24-12-8-13-30-21-24;1-2/h5-6,8-13,18-21,26-27,31-32,36H,1,7,14-17H2,2-4H3;1-2H3/b10-6-,23-9+,25-11+,28-19-;. The van der Waals surface area contributed by atoms with Crippen molar-refractivity contribution < 1.29 is 9.84 Å². The number of hydrogen-bond donors (Lipinski definition) is 3. The van der Waals surface area contributed by atoms with E-state index in [1.165, 1.54) is 0 Å². The Labute approximate surface area is 234 Å². The summed E-state index contributed by atoms with van der Waals surface area (Å²) < 4.78 is 5.65. The van der Waals surface area contributed by atoms with Crippen LogP contribution in [0.15, 0.2) is 108 Å². The fourth-order valence-corrected chi connectivity index (χ4v) is 4.65. The van der Waals surface area contributed by atoms with E-state index in [0.717, 1.165) is 47.9 Å². The van der Waals surface area contributed by atoms with Gasteiger partial charge < -0.3 is 14.7 Å². The van der Waals surface area contributed by atoms with Crippen LogP contribution in [0.2, 0.25) is 0 Å². The van der Waals surface area contributed by atoms with Gasteiger partial charge >= 0.3 is 0 Å². The van der Waals surface area contributed by atoms with E-state index >= 15 is 0 Å². The highest BCUT2D eigenvalue weighted by Crippen LogP contribution is 2.30. The maximum atomic E-state index is 10.9. The number of nitrogens with zero attached hydrogens (tertiary/aromatic N) is 4. The Morgan fingerprint density at radius 3 is 2.62 bits per heavy atom. The molecule has 0 spiro atoms. The molecular formula is C31H44N6O2. The lowest BCUT2D eigenvalue weighted by molar-refractivity contribution is 0.0366. The minimum absolute atomic E-state index is 0.0189. The third-order valence-electron chi connectivity index (χ3n) is 6.43. The molecular weight excluding hydrogens is 488 g/mol. The lowest BCUT2D eigenvalue weighted by Gasteiger charge is -2.37. The third kappa shape index (κ3) is 7.50. The molecule has 1 aromatic heterocycles. The van der Waals surface area contributed by atoms with Crippen LogP contribution in [0.3, 0.4) is 0 Å². The second kappa shape index (κ2) is 15.1. The molecule has 1 saturated heterocycles. The monoisotopic (exact) mass is 532 g/mol. The third-order valence-corrected chi connectivity index (χ3v) is 6.43. The fourth-order valence-electron chi connectivity index (χ4n) is 4.65. The lowest BCUT2D eigenvalue weighted by Crippen LogP contribution is -2.46. The first-order valence-electron chi connectivity index (χ1n) is 13.9. The molecule has 8 heteroatoms. The first-order chi connectivity index (χ1) is 19.0. The van der Waals surface area contributed by atoms with Gasteiger partial charge in [0.2, 0.25) is 5.88 Å². The molecule has 1 fully saturated rings. The number of ether oxygens (including phenoxy) is 1. The van der Waals surface area contributed by atoms with E-state index in [1.54, 1.807) is 11.2 Å². The summed E-state index contributed by atoms with van der Waals surface area (Å²) in [6.07, 6.45) is 20.6. The lowest BCUT2D eigenvalue weighted by atomic mass is 10.1. The molecule has 3 aliphatic heterocycles. The number of aromatic nitrogens is 1. The summed E-state index contributed by atoms with van der Waals surface area (Å²) in [6, 6.07) is 3.75. The minimum Gasteiger partial charge on any atom is -0.494 e. The normalized spacial score (nSPS) is 22.6. The maximum absolute atomic E-state index is 10.9. The van der Waals surface area contributed by atoms with E-state index in [4.69, 9.17) is 4.74 Å². The van der Waals surface area contributed by atoms with Crippen LogP contribution < -0.4 is 10.9 Å². The van der Waals surface area contributed by atoms with Crippen LogP contribution >= 0.6 is 0 Å². The van der Waals surface area contributed by atoms with E-state index in [0.29, 0.717) is 13.2 Å². The van der Waals surface area contributed by atoms with Crippen LogP contribution in [0.4, 0.5) is 0 Å². The quantitative estimate of drug-likeness (QED) is 0.354. The van der Waals surface area contributed by atoms with Gasteiger partial charge in [-0.15, -0.1) is 0 Å². The number of aliphatic hydroxyl groups excluding tert-OH is 1. The van der Waals surface area contributed by atoms with Gasteiger partial charge in [0.1, 0.15) is 5.82 Å². The molecule has 0 radical (unpaired) electrons. The van der Waals surface area contributed by atoms with Crippen molar-refractivity contribution in [2.75, 3.05) is 26.3 Å². The number of hydrogen-bond acceptors (Lipinski definition) is 8. The number of hydrazine groups is 2. The molecule has 39 heavy (non-hydrogen) atoms. The van der Waals surface area contributed by atoms with E-state index in [2.05, 4.69) is 70.5 Å². The molecule has 3 N–H and O–H groups in total. The Hall–Kier alpha value is -3.59. The van der Waals surface area contributed by atoms with Gasteiger partial charge in [0, 0.05) is 43.3 Å². The van der Waals surface area contributed by atoms with Crippen molar-refractivity contribution in [2.24, 2.45) is 0 Å². The van der Waals surface area contributed by atoms with Gasteiger partial charge in [0.15, 0.2) is 0 Å². The van der Waals surface area contributed by atoms with Crippen LogP contribution in [0.5, 0.6) is 0 Å². The largest absolute Gasteiger partial charge is 0.494 e. The molecule has 4 heterocycles. The average Bonchev–Trinajstić information content (AvgIpc) is 3.55. The fraction of sp³-hybridized carbons (Fsp3) is 0.387. The molecule has 0 saturated carbocycles. The van der Waals surface area contributed by atoms with Gasteiger partial charge in [-0.05, 0) is 43.5 Å². The zero-order valence-corrected chi connectivity index (χ0v) is 24.0. The predicted molar refractivity (Wildman–Crippen MR) is 158 cm³/mol. The summed E-state index contributed by atoms with van der Waals surface area (Å²) >= 11 is 0. The number of nitrogens with one attached hydrogen (secondary N) is 2. The molecule has 8 nitrogen and oxygen atoms in total. The smallest absolute Gasteiger partial charge is 0.204 e. The van der Waals surface area contributed by atoms with E-state index < -0.39 is 0 Å². The van der Waals surface area contributed by atoms with Crippen molar-refractivity contribution in [3.8, 4) is 0 Å². The van der Waals surface area contributed by atoms with Crippen LogP contribution in [0, 0.1) is 0 Å². The number of rotatable bonds is 9. The second-order valence-corrected chi connectivity index (χ2v) is 9.05. The molecule has 210 valence electrons. The van der Waals surface area contributed by atoms with Gasteiger partial charge in [-0.25, -0.2) is 15.9 Å². The maximum Gasteiger partial charge on any atom is 0.204 e. The first-order valence-corrected chi connectivity index (χ1v) is 13.9. The van der Waals surface area contributed by atoms with Crippen LogP contribution in [0.1, 0.15) is 52.6 Å². The Morgan fingerprint density at radius 1 is 1.21 bits per heavy atom. The van der Waals surface area contributed by atoms with Gasteiger partial charge in [0.05, 0.1) is 31.0 Å². The Morgan fingerprint density at radius 2 is 1.97 bits per heavy atom. The molecule has 2 atom stereocenters. The van der Waals surface area contributed by atoms with Gasteiger partial charge in [-0.3, -0.25) is 9.99 Å². The van der Waals surface area contributed by atoms with Gasteiger partial charge in [-0.1, -0.05) is 63.8 Å². The number of aliphatic hydroxyl groups is 1. The Bertz CT molecular complexity index is 1130. The zero-order valence-electron chi connectivity index (χ0n) is 24.0. The number of pyridine rings is 1. The minimum atomic E-state index is -0.169. The van der Waals surface area contributed by atoms with Crippen LogP contribution in [-0.2, 0) is 4.74 Å². The number of allylic oxidation sites excluding steroid dienone is 6. The molecule has 0 aliphatic carbocycles. The summed E-state index contributed by atoms with van der Waals surface area (Å²) in [4.78, 5) is 6.55. The van der Waals surface area contributed by atoms with Gasteiger partial charge in [-0.2, -0.15) is 0 Å². The molecule has 2 unspecified atom stereocenters. The molecule has 0 aromatic carbocycles. The highest BCUT2D eigenvalue weighted by Gasteiger charge is 2.31. The molecule has 1 aromatic rings. The molecule has 0 bridgehead atoms. The summed E-state index contributed by atoms with van der Waals surface area (Å²) in [5.41, 5.74) is 11.2. The Kier molecular flexibility index (Phi) is 11.6. The summed E-state index contributed by atoms with van der Waals surface area (Å²) in [7, 11) is 0. The molecule has 4 rings (SSSR count). The summed E-state index contributed by atoms with van der Waals surface area (Å²) in [6.45, 7) is 17.0. The van der Waals surface area contributed by atoms with E-state index in [-0.39, 0.29) is 18.0 Å². The Balaban J connectivity index is 0.00000205. The van der Waals surface area contributed by atoms with Crippen LogP contribution in [-0.4, -0.2) is 57.4 Å². The first kappa shape index (κ1) is 30.0. The average molecular weight is 533 g/mol. The zero-order chi connectivity index (χ0) is 28.2. The highest BCUT2D eigenvalue weighted by atomic mass is 16.5. The molecule has 3 aliphatic rings. The SMILES string of the molecule is C=C/C=C(\C=C/C)C1C=C(C)N(/C(=C\C(=C/CC)N2NC(c3cccnc3)C=C2O)N2CCOCC2)N1.CC. The second-order valence-electron chi connectivity index (χ2n) is 9.05. The van der Waals surface area contributed by atoms with E-state index in [1.807, 2.05) is 63.4 Å². The predicted octanol–water partition coefficient (Wildman–Crippen LogP) is 5.62. The highest BCUT2D eigenvalue weighted by molar-refractivity contribution is 5.37. The van der Waals surface area contributed by atoms with Crippen molar-refractivity contribution in [3.63, 3.8) is 0 Å². The molecule has 0 amide bonds. The van der Waals surface area contributed by atoms with Crippen LogP contribution in [0.25, 0.3) is 0 Å². The van der Waals surface area contributed by atoms with Crippen molar-refractivity contribution >= 4 is 0 Å². The van der Waals surface area contributed by atoms with Crippen molar-refractivity contribution in [3.05, 3.63) is 114 Å². The van der Waals surface area contributed by atoms with E-state index in [9.17, 15) is 5.11 Å². The van der Waals surface area contributed by atoms with Crippen molar-refractivity contribution in [2.45, 2.75) is 53.1 Å². The van der Waals surface area contributed by atoms with Gasteiger partial charge in [0.25, 0.3) is 0 Å².